The molecule has 27 heavy (non-hydrogen) atoms. The lowest BCUT2D eigenvalue weighted by Gasteiger charge is -2.39. The number of carbonyl (C=O) groups excluding carboxylic acids is 1. The summed E-state index contributed by atoms with van der Waals surface area (Å²) in [5, 5.41) is 10.3. The SMILES string of the molecule is CC(C)OC(=O)[C@@]1([C@@H](C)O)CCc2ccc(OCc3ccccc3)cc2O1. The number of aliphatic hydroxyl groups is 1. The molecule has 5 nitrogen and oxygen atoms in total. The number of aliphatic hydroxyl groups excluding tert-OH is 1. The number of esters is 1. The monoisotopic (exact) mass is 370 g/mol. The maximum Gasteiger partial charge on any atom is 0.353 e. The minimum Gasteiger partial charge on any atom is -0.489 e. The van der Waals surface area contributed by atoms with Gasteiger partial charge in [-0.25, -0.2) is 4.79 Å². The molecule has 5 heteroatoms. The molecule has 0 aliphatic carbocycles. The van der Waals surface area contributed by atoms with Crippen molar-refractivity contribution in [1.82, 2.24) is 0 Å². The fourth-order valence-corrected chi connectivity index (χ4v) is 3.16. The van der Waals surface area contributed by atoms with Gasteiger partial charge in [0.2, 0.25) is 5.60 Å². The molecule has 2 atom stereocenters. The van der Waals surface area contributed by atoms with Crippen molar-refractivity contribution in [3.05, 3.63) is 59.7 Å². The van der Waals surface area contributed by atoms with Crippen molar-refractivity contribution < 1.29 is 24.1 Å². The van der Waals surface area contributed by atoms with Crippen molar-refractivity contribution in [3.63, 3.8) is 0 Å². The summed E-state index contributed by atoms with van der Waals surface area (Å²) in [5.74, 6) is 0.665. The molecule has 2 aromatic carbocycles. The van der Waals surface area contributed by atoms with Gasteiger partial charge >= 0.3 is 5.97 Å². The maximum absolute atomic E-state index is 12.6. The third-order valence-electron chi connectivity index (χ3n) is 4.71. The lowest BCUT2D eigenvalue weighted by atomic mass is 9.86. The van der Waals surface area contributed by atoms with Crippen molar-refractivity contribution >= 4 is 5.97 Å². The summed E-state index contributed by atoms with van der Waals surface area (Å²) in [5.41, 5.74) is 0.653. The van der Waals surface area contributed by atoms with E-state index in [1.165, 1.54) is 0 Å². The Morgan fingerprint density at radius 1 is 1.19 bits per heavy atom. The summed E-state index contributed by atoms with van der Waals surface area (Å²) in [4.78, 5) is 12.6. The number of benzene rings is 2. The molecule has 0 aromatic heterocycles. The van der Waals surface area contributed by atoms with Crippen LogP contribution in [0.25, 0.3) is 0 Å². The molecular weight excluding hydrogens is 344 g/mol. The highest BCUT2D eigenvalue weighted by Gasteiger charge is 2.49. The quantitative estimate of drug-likeness (QED) is 0.786. The summed E-state index contributed by atoms with van der Waals surface area (Å²) >= 11 is 0. The third kappa shape index (κ3) is 4.25. The third-order valence-corrected chi connectivity index (χ3v) is 4.71. The number of hydrogen-bond acceptors (Lipinski definition) is 5. The van der Waals surface area contributed by atoms with Crippen molar-refractivity contribution in [2.45, 2.75) is 58.0 Å². The number of ether oxygens (including phenoxy) is 3. The van der Waals surface area contributed by atoms with Crippen LogP contribution < -0.4 is 9.47 Å². The molecule has 1 aliphatic rings. The molecule has 0 fully saturated rings. The lowest BCUT2D eigenvalue weighted by molar-refractivity contribution is -0.178. The van der Waals surface area contributed by atoms with Crippen molar-refractivity contribution in [2.75, 3.05) is 0 Å². The Morgan fingerprint density at radius 2 is 1.93 bits per heavy atom. The second-order valence-electron chi connectivity index (χ2n) is 7.17. The van der Waals surface area contributed by atoms with Crippen LogP contribution in [-0.4, -0.2) is 28.9 Å². The van der Waals surface area contributed by atoms with E-state index in [0.717, 1.165) is 11.1 Å². The van der Waals surface area contributed by atoms with Gasteiger partial charge < -0.3 is 19.3 Å². The average Bonchev–Trinajstić information content (AvgIpc) is 2.65. The van der Waals surface area contributed by atoms with E-state index >= 15 is 0 Å². The Kier molecular flexibility index (Phi) is 5.71. The molecule has 144 valence electrons. The molecule has 1 aliphatic heterocycles. The highest BCUT2D eigenvalue weighted by Crippen LogP contribution is 2.38. The van der Waals surface area contributed by atoms with Gasteiger partial charge in [-0.3, -0.25) is 0 Å². The van der Waals surface area contributed by atoms with Crippen LogP contribution >= 0.6 is 0 Å². The Hall–Kier alpha value is -2.53. The van der Waals surface area contributed by atoms with Crippen LogP contribution in [-0.2, 0) is 22.6 Å². The molecule has 0 spiro atoms. The Labute approximate surface area is 159 Å². The van der Waals surface area contributed by atoms with Crippen LogP contribution in [0.15, 0.2) is 48.5 Å². The van der Waals surface area contributed by atoms with E-state index in [4.69, 9.17) is 14.2 Å². The number of fused-ring (bicyclic) bond motifs is 1. The van der Waals surface area contributed by atoms with Gasteiger partial charge in [-0.15, -0.1) is 0 Å². The Balaban J connectivity index is 1.79. The van der Waals surface area contributed by atoms with Gasteiger partial charge in [-0.1, -0.05) is 36.4 Å². The summed E-state index contributed by atoms with van der Waals surface area (Å²) in [7, 11) is 0. The Bertz CT molecular complexity index is 785. The molecule has 0 unspecified atom stereocenters. The molecule has 2 aromatic rings. The van der Waals surface area contributed by atoms with Gasteiger partial charge in [-0.05, 0) is 44.4 Å². The molecule has 0 bridgehead atoms. The summed E-state index contributed by atoms with van der Waals surface area (Å²) in [6.07, 6.45) is -0.288. The van der Waals surface area contributed by atoms with Crippen LogP contribution in [0.1, 0.15) is 38.3 Å². The van der Waals surface area contributed by atoms with Crippen LogP contribution in [0.3, 0.4) is 0 Å². The number of rotatable bonds is 6. The first kappa shape index (κ1) is 19.2. The molecule has 1 N–H and O–H groups in total. The molecule has 0 saturated carbocycles. The zero-order chi connectivity index (χ0) is 19.4. The van der Waals surface area contributed by atoms with Gasteiger partial charge in [-0.2, -0.15) is 0 Å². The second-order valence-corrected chi connectivity index (χ2v) is 7.17. The van der Waals surface area contributed by atoms with E-state index in [1.807, 2.05) is 42.5 Å². The highest BCUT2D eigenvalue weighted by atomic mass is 16.6. The minimum atomic E-state index is -1.39. The van der Waals surface area contributed by atoms with Crippen molar-refractivity contribution in [1.29, 1.82) is 0 Å². The lowest BCUT2D eigenvalue weighted by Crippen LogP contribution is -2.56. The van der Waals surface area contributed by atoms with E-state index in [9.17, 15) is 9.90 Å². The van der Waals surface area contributed by atoms with E-state index in [0.29, 0.717) is 30.9 Å². The number of carbonyl (C=O) groups is 1. The highest BCUT2D eigenvalue weighted by molar-refractivity contribution is 5.81. The average molecular weight is 370 g/mol. The first-order valence-corrected chi connectivity index (χ1v) is 9.28. The summed E-state index contributed by atoms with van der Waals surface area (Å²) in [6, 6.07) is 15.5. The topological polar surface area (TPSA) is 65.0 Å². The van der Waals surface area contributed by atoms with Gasteiger partial charge in [0.25, 0.3) is 0 Å². The smallest absolute Gasteiger partial charge is 0.353 e. The van der Waals surface area contributed by atoms with Crippen LogP contribution in [0, 0.1) is 0 Å². The van der Waals surface area contributed by atoms with Gasteiger partial charge in [0.1, 0.15) is 24.2 Å². The fraction of sp³-hybridized carbons (Fsp3) is 0.409. The van der Waals surface area contributed by atoms with E-state index in [1.54, 1.807) is 26.8 Å². The predicted octanol–water partition coefficient (Wildman–Crippen LogP) is 3.66. The van der Waals surface area contributed by atoms with E-state index < -0.39 is 17.7 Å². The first-order chi connectivity index (χ1) is 12.9. The Morgan fingerprint density at radius 3 is 2.59 bits per heavy atom. The number of aryl methyl sites for hydroxylation is 1. The van der Waals surface area contributed by atoms with Crippen molar-refractivity contribution in [2.24, 2.45) is 0 Å². The molecule has 0 amide bonds. The molecule has 1 heterocycles. The zero-order valence-electron chi connectivity index (χ0n) is 16.0. The first-order valence-electron chi connectivity index (χ1n) is 9.28. The van der Waals surface area contributed by atoms with Gasteiger partial charge in [0.15, 0.2) is 0 Å². The summed E-state index contributed by atoms with van der Waals surface area (Å²) < 4.78 is 17.2. The van der Waals surface area contributed by atoms with E-state index in [-0.39, 0.29) is 6.10 Å². The largest absolute Gasteiger partial charge is 0.489 e. The maximum atomic E-state index is 12.6. The second kappa shape index (κ2) is 8.01. The van der Waals surface area contributed by atoms with Gasteiger partial charge in [0.05, 0.1) is 6.10 Å². The minimum absolute atomic E-state index is 0.279. The molecular formula is C22H26O5. The zero-order valence-corrected chi connectivity index (χ0v) is 16.0. The van der Waals surface area contributed by atoms with Crippen LogP contribution in [0.4, 0.5) is 0 Å². The standard InChI is InChI=1S/C22H26O5/c1-15(2)26-21(24)22(16(3)23)12-11-18-9-10-19(13-20(18)27-22)25-14-17-7-5-4-6-8-17/h4-10,13,15-16,23H,11-12,14H2,1-3H3/t16-,22+/m1/s1. The number of hydrogen-bond donors (Lipinski definition) is 1. The normalized spacial score (nSPS) is 19.7. The van der Waals surface area contributed by atoms with E-state index in [2.05, 4.69) is 0 Å². The molecule has 0 saturated heterocycles. The predicted molar refractivity (Wildman–Crippen MR) is 102 cm³/mol. The summed E-state index contributed by atoms with van der Waals surface area (Å²) in [6.45, 7) is 5.55. The van der Waals surface area contributed by atoms with Crippen LogP contribution in [0.5, 0.6) is 11.5 Å². The van der Waals surface area contributed by atoms with Crippen LogP contribution in [0.2, 0.25) is 0 Å². The van der Waals surface area contributed by atoms with Gasteiger partial charge in [0, 0.05) is 12.5 Å². The van der Waals surface area contributed by atoms with Crippen molar-refractivity contribution in [3.8, 4) is 11.5 Å². The fourth-order valence-electron chi connectivity index (χ4n) is 3.16. The molecule has 3 rings (SSSR count). The molecule has 0 radical (unpaired) electrons.